The van der Waals surface area contributed by atoms with Crippen molar-refractivity contribution in [2.45, 2.75) is 36.9 Å². The highest BCUT2D eigenvalue weighted by Crippen LogP contribution is 2.18. The van der Waals surface area contributed by atoms with Gasteiger partial charge in [-0.2, -0.15) is 0 Å². The first-order chi connectivity index (χ1) is 9.31. The Morgan fingerprint density at radius 2 is 2.26 bits per heavy atom. The summed E-state index contributed by atoms with van der Waals surface area (Å²) < 4.78 is 5.70. The lowest BCUT2D eigenvalue weighted by Crippen LogP contribution is -2.22. The van der Waals surface area contributed by atoms with E-state index in [2.05, 4.69) is 20.7 Å². The van der Waals surface area contributed by atoms with Gasteiger partial charge in [-0.1, -0.05) is 11.8 Å². The van der Waals surface area contributed by atoms with Crippen LogP contribution in [0.25, 0.3) is 0 Å². The van der Waals surface area contributed by atoms with Crippen molar-refractivity contribution in [3.05, 3.63) is 6.07 Å². The molecule has 0 aliphatic carbocycles. The molecule has 6 nitrogen and oxygen atoms in total. The molecule has 1 aromatic rings. The monoisotopic (exact) mass is 283 g/mol. The van der Waals surface area contributed by atoms with Crippen LogP contribution in [0.1, 0.15) is 25.7 Å². The average molecular weight is 283 g/mol. The van der Waals surface area contributed by atoms with Gasteiger partial charge in [0.15, 0.2) is 5.16 Å². The van der Waals surface area contributed by atoms with E-state index in [0.29, 0.717) is 17.1 Å². The van der Waals surface area contributed by atoms with Crippen molar-refractivity contribution in [1.29, 1.82) is 0 Å². The van der Waals surface area contributed by atoms with Gasteiger partial charge in [-0.15, -0.1) is 0 Å². The molecular formula is C12H21N5OS. The predicted molar refractivity (Wildman–Crippen MR) is 78.3 cm³/mol. The van der Waals surface area contributed by atoms with Crippen molar-refractivity contribution >= 4 is 23.4 Å². The molecule has 0 spiro atoms. The molecule has 0 radical (unpaired) electrons. The molecule has 0 saturated carbocycles. The molecule has 1 aliphatic heterocycles. The quantitative estimate of drug-likeness (QED) is 0.318. The Morgan fingerprint density at radius 3 is 2.95 bits per heavy atom. The molecule has 1 aliphatic rings. The number of nitrogens with zero attached hydrogens (tertiary/aromatic N) is 2. The molecular weight excluding hydrogens is 262 g/mol. The zero-order chi connectivity index (χ0) is 13.5. The van der Waals surface area contributed by atoms with Crippen molar-refractivity contribution in [1.82, 2.24) is 9.97 Å². The van der Waals surface area contributed by atoms with E-state index in [0.717, 1.165) is 31.8 Å². The Morgan fingerprint density at radius 1 is 1.42 bits per heavy atom. The standard InChI is InChI=1S/C12H21N5OS/c1-19-12-15-10(8-11(16-12)17-13)14-6-5-9-4-2-3-7-18-9/h8-9H,2-7,13H2,1H3,(H2,14,15,16,17). The largest absolute Gasteiger partial charge is 0.378 e. The third-order valence-corrected chi connectivity index (χ3v) is 3.63. The Balaban J connectivity index is 1.84. The van der Waals surface area contributed by atoms with Crippen molar-refractivity contribution in [2.24, 2.45) is 5.84 Å². The lowest BCUT2D eigenvalue weighted by molar-refractivity contribution is 0.0134. The zero-order valence-corrected chi connectivity index (χ0v) is 12.0. The number of nitrogens with one attached hydrogen (secondary N) is 2. The van der Waals surface area contributed by atoms with E-state index in [1.54, 1.807) is 6.07 Å². The van der Waals surface area contributed by atoms with Crippen LogP contribution >= 0.6 is 11.8 Å². The van der Waals surface area contributed by atoms with Gasteiger partial charge in [0, 0.05) is 19.2 Å². The summed E-state index contributed by atoms with van der Waals surface area (Å²) in [6.45, 7) is 1.75. The summed E-state index contributed by atoms with van der Waals surface area (Å²) in [6.07, 6.45) is 6.96. The molecule has 1 atom stereocenters. The molecule has 1 saturated heterocycles. The highest BCUT2D eigenvalue weighted by Gasteiger charge is 2.13. The van der Waals surface area contributed by atoms with Gasteiger partial charge in [-0.25, -0.2) is 15.8 Å². The van der Waals surface area contributed by atoms with Crippen LogP contribution in [0, 0.1) is 0 Å². The Bertz CT molecular complexity index is 375. The fraction of sp³-hybridized carbons (Fsp3) is 0.667. The normalized spacial score (nSPS) is 19.2. The summed E-state index contributed by atoms with van der Waals surface area (Å²) in [4.78, 5) is 8.61. The highest BCUT2D eigenvalue weighted by molar-refractivity contribution is 7.98. The number of hydrogen-bond donors (Lipinski definition) is 3. The molecule has 0 aromatic carbocycles. The maximum Gasteiger partial charge on any atom is 0.191 e. The molecule has 4 N–H and O–H groups in total. The first-order valence-electron chi connectivity index (χ1n) is 6.57. The zero-order valence-electron chi connectivity index (χ0n) is 11.2. The molecule has 7 heteroatoms. The number of hydrazine groups is 1. The number of anilines is 2. The smallest absolute Gasteiger partial charge is 0.191 e. The summed E-state index contributed by atoms with van der Waals surface area (Å²) in [5.41, 5.74) is 2.55. The van der Waals surface area contributed by atoms with Crippen molar-refractivity contribution in [3.63, 3.8) is 0 Å². The summed E-state index contributed by atoms with van der Waals surface area (Å²) in [6, 6.07) is 1.81. The topological polar surface area (TPSA) is 85.1 Å². The summed E-state index contributed by atoms with van der Waals surface area (Å²) >= 11 is 1.49. The van der Waals surface area contributed by atoms with Gasteiger partial charge >= 0.3 is 0 Å². The molecule has 2 heterocycles. The third-order valence-electron chi connectivity index (χ3n) is 3.08. The minimum atomic E-state index is 0.384. The highest BCUT2D eigenvalue weighted by atomic mass is 32.2. The van der Waals surface area contributed by atoms with Crippen LogP contribution < -0.4 is 16.6 Å². The van der Waals surface area contributed by atoms with E-state index in [1.165, 1.54) is 24.6 Å². The fourth-order valence-electron chi connectivity index (χ4n) is 2.08. The average Bonchev–Trinajstić information content (AvgIpc) is 2.48. The summed E-state index contributed by atoms with van der Waals surface area (Å²) in [5, 5.41) is 4.00. The van der Waals surface area contributed by atoms with E-state index >= 15 is 0 Å². The Labute approximate surface area is 117 Å². The van der Waals surface area contributed by atoms with Crippen molar-refractivity contribution in [3.8, 4) is 0 Å². The van der Waals surface area contributed by atoms with Crippen LogP contribution in [0.3, 0.4) is 0 Å². The van der Waals surface area contributed by atoms with E-state index < -0.39 is 0 Å². The van der Waals surface area contributed by atoms with Crippen LogP contribution in [0.15, 0.2) is 11.2 Å². The molecule has 1 unspecified atom stereocenters. The van der Waals surface area contributed by atoms with Crippen LogP contribution in [0.4, 0.5) is 11.6 Å². The molecule has 19 heavy (non-hydrogen) atoms. The minimum absolute atomic E-state index is 0.384. The van der Waals surface area contributed by atoms with Gasteiger partial charge in [-0.3, -0.25) is 0 Å². The lowest BCUT2D eigenvalue weighted by atomic mass is 10.1. The number of rotatable bonds is 6. The molecule has 2 rings (SSSR count). The SMILES string of the molecule is CSc1nc(NN)cc(NCCC2CCCCO2)n1. The van der Waals surface area contributed by atoms with Gasteiger partial charge < -0.3 is 15.5 Å². The predicted octanol–water partition coefficient (Wildman–Crippen LogP) is 1.86. The van der Waals surface area contributed by atoms with Gasteiger partial charge in [0.25, 0.3) is 0 Å². The van der Waals surface area contributed by atoms with Crippen molar-refractivity contribution < 1.29 is 4.74 Å². The first-order valence-corrected chi connectivity index (χ1v) is 7.79. The number of nitrogen functional groups attached to an aromatic ring is 1. The molecule has 1 aromatic heterocycles. The number of nitrogens with two attached hydrogens (primary N) is 1. The minimum Gasteiger partial charge on any atom is -0.378 e. The Kier molecular flexibility index (Phi) is 5.68. The third kappa shape index (κ3) is 4.52. The van der Waals surface area contributed by atoms with E-state index in [4.69, 9.17) is 10.6 Å². The van der Waals surface area contributed by atoms with E-state index in [9.17, 15) is 0 Å². The number of thioether (sulfide) groups is 1. The van der Waals surface area contributed by atoms with Gasteiger partial charge in [0.1, 0.15) is 11.6 Å². The number of aromatic nitrogens is 2. The molecule has 0 bridgehead atoms. The van der Waals surface area contributed by atoms with Crippen molar-refractivity contribution in [2.75, 3.05) is 30.1 Å². The molecule has 1 fully saturated rings. The number of ether oxygens (including phenoxy) is 1. The van der Waals surface area contributed by atoms with E-state index in [-0.39, 0.29) is 0 Å². The second kappa shape index (κ2) is 7.52. The number of hydrogen-bond acceptors (Lipinski definition) is 7. The Hall–Kier alpha value is -1.05. The summed E-state index contributed by atoms with van der Waals surface area (Å²) in [5.74, 6) is 6.81. The first kappa shape index (κ1) is 14.4. The van der Waals surface area contributed by atoms with Crippen LogP contribution in [0.2, 0.25) is 0 Å². The lowest BCUT2D eigenvalue weighted by Gasteiger charge is -2.22. The maximum atomic E-state index is 5.70. The second-order valence-electron chi connectivity index (χ2n) is 4.47. The second-order valence-corrected chi connectivity index (χ2v) is 5.25. The van der Waals surface area contributed by atoms with Gasteiger partial charge in [0.05, 0.1) is 6.10 Å². The van der Waals surface area contributed by atoms with Crippen LogP contribution in [-0.4, -0.2) is 35.5 Å². The van der Waals surface area contributed by atoms with Gasteiger partial charge in [0.2, 0.25) is 0 Å². The maximum absolute atomic E-state index is 5.70. The molecule has 106 valence electrons. The van der Waals surface area contributed by atoms with Crippen LogP contribution in [-0.2, 0) is 4.74 Å². The fourth-order valence-corrected chi connectivity index (χ4v) is 2.46. The van der Waals surface area contributed by atoms with E-state index in [1.807, 2.05) is 6.26 Å². The molecule has 0 amide bonds. The summed E-state index contributed by atoms with van der Waals surface area (Å²) in [7, 11) is 0. The van der Waals surface area contributed by atoms with Crippen LogP contribution in [0.5, 0.6) is 0 Å². The van der Waals surface area contributed by atoms with Gasteiger partial charge in [-0.05, 0) is 31.9 Å².